The monoisotopic (exact) mass is 773 g/mol. The third-order valence-electron chi connectivity index (χ3n) is 6.60. The first-order valence-corrected chi connectivity index (χ1v) is 22.9. The predicted molar refractivity (Wildman–Crippen MR) is 240 cm³/mol. The van der Waals surface area contributed by atoms with Gasteiger partial charge in [-0.1, -0.05) is 218 Å². The summed E-state index contributed by atoms with van der Waals surface area (Å²) in [6.07, 6.45) is 29.9. The molecule has 0 spiro atoms. The molecule has 0 amide bonds. The summed E-state index contributed by atoms with van der Waals surface area (Å²) in [5, 5.41) is 32.9. The molecule has 0 aliphatic carbocycles. The lowest BCUT2D eigenvalue weighted by atomic mass is 10.1. The molecule has 0 aromatic rings. The third kappa shape index (κ3) is 155. The van der Waals surface area contributed by atoms with E-state index in [4.69, 9.17) is 29.9 Å². The van der Waals surface area contributed by atoms with Gasteiger partial charge in [0.15, 0.2) is 0 Å². The number of aliphatic hydroxyl groups is 4. The van der Waals surface area contributed by atoms with Crippen molar-refractivity contribution in [1.29, 1.82) is 0 Å². The SMILES string of the molecule is CC.CC(C)C.CCCCC.CCCCCCC.CCCCCCCC.CCCCCCCC.OCCOCCCCOCCO.OCCOCCO. The smallest absolute Gasteiger partial charge is 0.0698 e. The van der Waals surface area contributed by atoms with Crippen LogP contribution >= 0.6 is 0 Å². The van der Waals surface area contributed by atoms with E-state index in [2.05, 4.69) is 80.9 Å². The van der Waals surface area contributed by atoms with Crippen LogP contribution < -0.4 is 0 Å². The van der Waals surface area contributed by atoms with Crippen LogP contribution in [0.25, 0.3) is 0 Å². The van der Waals surface area contributed by atoms with Crippen LogP contribution in [0.5, 0.6) is 0 Å². The van der Waals surface area contributed by atoms with E-state index < -0.39 is 0 Å². The Bertz CT molecular complexity index is 370. The Balaban J connectivity index is -0.0000000753. The molecular formula is C46H108O7. The van der Waals surface area contributed by atoms with Crippen LogP contribution in [-0.4, -0.2) is 86.5 Å². The first kappa shape index (κ1) is 70.5. The van der Waals surface area contributed by atoms with Gasteiger partial charge in [0.2, 0.25) is 0 Å². The van der Waals surface area contributed by atoms with Gasteiger partial charge < -0.3 is 34.6 Å². The fourth-order valence-electron chi connectivity index (χ4n) is 3.71. The highest BCUT2D eigenvalue weighted by Gasteiger charge is 1.90. The van der Waals surface area contributed by atoms with Crippen molar-refractivity contribution in [3.05, 3.63) is 0 Å². The molecule has 0 aliphatic heterocycles. The Hall–Kier alpha value is -0.280. The number of rotatable bonds is 29. The molecule has 0 saturated heterocycles. The lowest BCUT2D eigenvalue weighted by Crippen LogP contribution is -2.04. The lowest BCUT2D eigenvalue weighted by Gasteiger charge is -2.02. The highest BCUT2D eigenvalue weighted by molar-refractivity contribution is 4.41. The second-order valence-corrected chi connectivity index (χ2v) is 13.4. The number of hydrogen-bond donors (Lipinski definition) is 4. The number of hydrogen-bond acceptors (Lipinski definition) is 7. The molecule has 4 N–H and O–H groups in total. The molecule has 0 bridgehead atoms. The van der Waals surface area contributed by atoms with Gasteiger partial charge >= 0.3 is 0 Å². The maximum absolute atomic E-state index is 8.36. The Morgan fingerprint density at radius 1 is 0.283 bits per heavy atom. The quantitative estimate of drug-likeness (QED) is 0.0561. The van der Waals surface area contributed by atoms with Gasteiger partial charge in [-0.25, -0.2) is 0 Å². The minimum Gasteiger partial charge on any atom is -0.394 e. The molecule has 0 aromatic heterocycles. The van der Waals surface area contributed by atoms with Crippen molar-refractivity contribution in [2.45, 2.75) is 231 Å². The van der Waals surface area contributed by atoms with Crippen LogP contribution in [0.2, 0.25) is 0 Å². The van der Waals surface area contributed by atoms with E-state index in [9.17, 15) is 0 Å². The van der Waals surface area contributed by atoms with Crippen LogP contribution in [0.1, 0.15) is 231 Å². The topological polar surface area (TPSA) is 109 Å². The molecule has 7 nitrogen and oxygen atoms in total. The molecule has 0 fully saturated rings. The zero-order valence-electron chi connectivity index (χ0n) is 39.2. The van der Waals surface area contributed by atoms with Crippen molar-refractivity contribution >= 4 is 0 Å². The Labute approximate surface area is 337 Å². The van der Waals surface area contributed by atoms with E-state index >= 15 is 0 Å². The first-order valence-electron chi connectivity index (χ1n) is 22.9. The normalized spacial score (nSPS) is 9.40. The zero-order valence-corrected chi connectivity index (χ0v) is 39.2. The minimum absolute atomic E-state index is 0.0278. The average molecular weight is 773 g/mol. The largest absolute Gasteiger partial charge is 0.394 e. The van der Waals surface area contributed by atoms with E-state index in [1.165, 1.54) is 128 Å². The van der Waals surface area contributed by atoms with Crippen molar-refractivity contribution < 1.29 is 34.6 Å². The maximum Gasteiger partial charge on any atom is 0.0698 e. The molecule has 7 heteroatoms. The fraction of sp³-hybridized carbons (Fsp3) is 1.00. The van der Waals surface area contributed by atoms with Crippen LogP contribution in [0.4, 0.5) is 0 Å². The molecule has 0 saturated carbocycles. The molecule has 0 rings (SSSR count). The second-order valence-electron chi connectivity index (χ2n) is 13.4. The number of unbranched alkanes of at least 4 members (excludes halogenated alkanes) is 17. The van der Waals surface area contributed by atoms with Crippen molar-refractivity contribution in [1.82, 2.24) is 0 Å². The summed E-state index contributed by atoms with van der Waals surface area (Å²) in [7, 11) is 0. The summed E-state index contributed by atoms with van der Waals surface area (Å²) in [4.78, 5) is 0. The summed E-state index contributed by atoms with van der Waals surface area (Å²) in [5.41, 5.74) is 0. The second kappa shape index (κ2) is 93.5. The van der Waals surface area contributed by atoms with Gasteiger partial charge in [0.25, 0.3) is 0 Å². The van der Waals surface area contributed by atoms with Gasteiger partial charge in [-0.05, 0) is 18.8 Å². The number of ether oxygens (including phenoxy) is 3. The van der Waals surface area contributed by atoms with E-state index in [0.717, 1.165) is 18.8 Å². The molecule has 0 heterocycles. The highest BCUT2D eigenvalue weighted by Crippen LogP contribution is 2.04. The molecular weight excluding hydrogens is 664 g/mol. The number of aliphatic hydroxyl groups excluding tert-OH is 4. The van der Waals surface area contributed by atoms with Crippen molar-refractivity contribution in [3.63, 3.8) is 0 Å². The molecule has 53 heavy (non-hydrogen) atoms. The Morgan fingerprint density at radius 2 is 0.453 bits per heavy atom. The summed E-state index contributed by atoms with van der Waals surface area (Å²) in [6.45, 7) is 31.5. The van der Waals surface area contributed by atoms with Crippen LogP contribution in [-0.2, 0) is 14.2 Å². The molecule has 0 aliphatic rings. The van der Waals surface area contributed by atoms with Gasteiger partial charge in [-0.2, -0.15) is 0 Å². The van der Waals surface area contributed by atoms with E-state index in [1.54, 1.807) is 0 Å². The summed E-state index contributed by atoms with van der Waals surface area (Å²) in [5.74, 6) is 0.833. The van der Waals surface area contributed by atoms with E-state index in [0.29, 0.717) is 39.6 Å². The van der Waals surface area contributed by atoms with Gasteiger partial charge in [0.1, 0.15) is 0 Å². The van der Waals surface area contributed by atoms with Crippen molar-refractivity contribution in [3.8, 4) is 0 Å². The maximum atomic E-state index is 8.36. The Morgan fingerprint density at radius 3 is 0.604 bits per heavy atom. The van der Waals surface area contributed by atoms with E-state index in [1.807, 2.05) is 13.8 Å². The van der Waals surface area contributed by atoms with Gasteiger partial charge in [0.05, 0.1) is 52.9 Å². The van der Waals surface area contributed by atoms with Gasteiger partial charge in [-0.15, -0.1) is 0 Å². The molecule has 0 radical (unpaired) electrons. The summed E-state index contributed by atoms with van der Waals surface area (Å²) < 4.78 is 14.7. The van der Waals surface area contributed by atoms with Crippen LogP contribution in [0.15, 0.2) is 0 Å². The Kier molecular flexibility index (Phi) is 124. The molecule has 0 aromatic carbocycles. The molecule has 334 valence electrons. The predicted octanol–water partition coefficient (Wildman–Crippen LogP) is 13.4. The molecule has 0 unspecified atom stereocenters. The third-order valence-corrected chi connectivity index (χ3v) is 6.60. The first-order chi connectivity index (χ1) is 25.7. The average Bonchev–Trinajstić information content (AvgIpc) is 3.16. The molecule has 0 atom stereocenters. The van der Waals surface area contributed by atoms with Crippen LogP contribution in [0, 0.1) is 5.92 Å². The zero-order chi connectivity index (χ0) is 42.3. The highest BCUT2D eigenvalue weighted by atomic mass is 16.5. The van der Waals surface area contributed by atoms with Crippen LogP contribution in [0.3, 0.4) is 0 Å². The van der Waals surface area contributed by atoms with Gasteiger partial charge in [-0.3, -0.25) is 0 Å². The minimum atomic E-state index is 0.0278. The summed E-state index contributed by atoms with van der Waals surface area (Å²) >= 11 is 0. The standard InChI is InChI=1S/C8H18O4.2C8H18.C7H16.C5H12.C4H10O3.C4H10.C2H6/c9-3-7-11-5-1-2-6-12-8-4-10;2*1-3-5-7-8-6-4-2;1-3-5-7-6-4-2;1-3-5-4-2;5-1-3-7-4-2-6;1-4(2)3;1-2/h9-10H,1-8H2;2*3-8H2,1-2H3;3-7H2,1-2H3;3-5H2,1-2H3;5-6H,1-4H2;4H,1-3H3;1-2H3. The fourth-order valence-corrected chi connectivity index (χ4v) is 3.71. The van der Waals surface area contributed by atoms with Crippen molar-refractivity contribution in [2.24, 2.45) is 5.92 Å². The van der Waals surface area contributed by atoms with Gasteiger partial charge in [0, 0.05) is 13.2 Å². The van der Waals surface area contributed by atoms with Crippen molar-refractivity contribution in [2.75, 3.05) is 66.1 Å². The van der Waals surface area contributed by atoms with E-state index in [-0.39, 0.29) is 26.4 Å². The lowest BCUT2D eigenvalue weighted by molar-refractivity contribution is 0.0650. The summed E-state index contributed by atoms with van der Waals surface area (Å²) in [6, 6.07) is 0.